The van der Waals surface area contributed by atoms with Crippen molar-refractivity contribution in [1.82, 2.24) is 20.3 Å². The molecule has 1 spiro atoms. The summed E-state index contributed by atoms with van der Waals surface area (Å²) in [6.45, 7) is 4.17. The maximum absolute atomic E-state index is 5.14. The largest absolute Gasteiger partial charge is 0.467 e. The summed E-state index contributed by atoms with van der Waals surface area (Å²) < 4.78 is 10.3. The highest BCUT2D eigenvalue weighted by molar-refractivity contribution is 5.34. The standard InChI is InChI=1S/C14H23N5O2/c1-20-12-16-11(17-13(18-12)21-2)19-8-4-6-14(10-19)5-3-7-15-9-14/h15H,3-10H2,1-2H3. The Labute approximate surface area is 125 Å². The van der Waals surface area contributed by atoms with Gasteiger partial charge in [0.25, 0.3) is 0 Å². The molecular weight excluding hydrogens is 270 g/mol. The summed E-state index contributed by atoms with van der Waals surface area (Å²) in [5, 5.41) is 3.53. The molecule has 0 bridgehead atoms. The van der Waals surface area contributed by atoms with E-state index in [-0.39, 0.29) is 0 Å². The predicted molar refractivity (Wildman–Crippen MR) is 78.9 cm³/mol. The van der Waals surface area contributed by atoms with Crippen LogP contribution >= 0.6 is 0 Å². The molecule has 1 aromatic rings. The minimum absolute atomic E-state index is 0.304. The first-order valence-electron chi connectivity index (χ1n) is 7.54. The maximum atomic E-state index is 5.14. The van der Waals surface area contributed by atoms with Crippen molar-refractivity contribution in [2.24, 2.45) is 5.41 Å². The molecule has 1 aromatic heterocycles. The number of hydrogen-bond acceptors (Lipinski definition) is 7. The highest BCUT2D eigenvalue weighted by atomic mass is 16.5. The van der Waals surface area contributed by atoms with Gasteiger partial charge in [0.1, 0.15) is 0 Å². The molecule has 0 aliphatic carbocycles. The molecule has 2 aliphatic rings. The Balaban J connectivity index is 1.82. The molecule has 21 heavy (non-hydrogen) atoms. The summed E-state index contributed by atoms with van der Waals surface area (Å²) in [5.74, 6) is 0.656. The molecule has 3 rings (SSSR count). The molecule has 0 saturated carbocycles. The van der Waals surface area contributed by atoms with Crippen LogP contribution in [-0.4, -0.2) is 55.4 Å². The maximum Gasteiger partial charge on any atom is 0.324 e. The molecule has 3 heterocycles. The van der Waals surface area contributed by atoms with Crippen LogP contribution in [0.15, 0.2) is 0 Å². The molecular formula is C14H23N5O2. The summed E-state index contributed by atoms with van der Waals surface area (Å²) in [6, 6.07) is 0.608. The zero-order valence-corrected chi connectivity index (χ0v) is 12.8. The SMILES string of the molecule is COc1nc(OC)nc(N2CCCC3(CCCNC3)C2)n1. The molecule has 7 heteroatoms. The average Bonchev–Trinajstić information content (AvgIpc) is 2.55. The lowest BCUT2D eigenvalue weighted by Gasteiger charge is -2.45. The number of aromatic nitrogens is 3. The van der Waals surface area contributed by atoms with E-state index in [0.29, 0.717) is 23.4 Å². The smallest absolute Gasteiger partial charge is 0.324 e. The Morgan fingerprint density at radius 3 is 2.38 bits per heavy atom. The molecule has 0 aromatic carbocycles. The van der Waals surface area contributed by atoms with Gasteiger partial charge in [-0.1, -0.05) is 0 Å². The number of piperidine rings is 2. The first-order valence-corrected chi connectivity index (χ1v) is 7.54. The molecule has 2 aliphatic heterocycles. The van der Waals surface area contributed by atoms with E-state index in [0.717, 1.165) is 32.6 Å². The minimum atomic E-state index is 0.304. The summed E-state index contributed by atoms with van der Waals surface area (Å²) in [4.78, 5) is 15.1. The second kappa shape index (κ2) is 6.01. The average molecular weight is 293 g/mol. The molecule has 1 unspecified atom stereocenters. The van der Waals surface area contributed by atoms with Gasteiger partial charge < -0.3 is 19.7 Å². The van der Waals surface area contributed by atoms with Crippen LogP contribution in [0, 0.1) is 5.41 Å². The third kappa shape index (κ3) is 3.02. The second-order valence-electron chi connectivity index (χ2n) is 5.91. The lowest BCUT2D eigenvalue weighted by atomic mass is 9.74. The van der Waals surface area contributed by atoms with Gasteiger partial charge in [-0.05, 0) is 32.2 Å². The van der Waals surface area contributed by atoms with Crippen molar-refractivity contribution in [2.45, 2.75) is 25.7 Å². The lowest BCUT2D eigenvalue weighted by Crippen LogP contribution is -2.51. The fraction of sp³-hybridized carbons (Fsp3) is 0.786. The number of rotatable bonds is 3. The van der Waals surface area contributed by atoms with Gasteiger partial charge in [0.2, 0.25) is 5.95 Å². The van der Waals surface area contributed by atoms with Crippen molar-refractivity contribution >= 4 is 5.95 Å². The number of ether oxygens (including phenoxy) is 2. The molecule has 2 fully saturated rings. The molecule has 0 radical (unpaired) electrons. The number of methoxy groups -OCH3 is 2. The van der Waals surface area contributed by atoms with Crippen LogP contribution in [0.4, 0.5) is 5.95 Å². The van der Waals surface area contributed by atoms with Crippen molar-refractivity contribution in [2.75, 3.05) is 45.3 Å². The summed E-state index contributed by atoms with van der Waals surface area (Å²) in [5.41, 5.74) is 0.351. The number of nitrogens with one attached hydrogen (secondary N) is 1. The topological polar surface area (TPSA) is 72.4 Å². The third-order valence-corrected chi connectivity index (χ3v) is 4.45. The van der Waals surface area contributed by atoms with Crippen LogP contribution in [-0.2, 0) is 0 Å². The van der Waals surface area contributed by atoms with Crippen molar-refractivity contribution in [1.29, 1.82) is 0 Å². The van der Waals surface area contributed by atoms with E-state index in [1.165, 1.54) is 19.3 Å². The number of anilines is 1. The van der Waals surface area contributed by atoms with Gasteiger partial charge in [-0.15, -0.1) is 4.98 Å². The summed E-state index contributed by atoms with van der Waals surface area (Å²) in [7, 11) is 3.11. The molecule has 1 atom stereocenters. The van der Waals surface area contributed by atoms with Gasteiger partial charge >= 0.3 is 12.0 Å². The Morgan fingerprint density at radius 1 is 1.05 bits per heavy atom. The van der Waals surface area contributed by atoms with E-state index in [1.54, 1.807) is 14.2 Å². The van der Waals surface area contributed by atoms with E-state index in [4.69, 9.17) is 9.47 Å². The van der Waals surface area contributed by atoms with Crippen LogP contribution in [0.2, 0.25) is 0 Å². The third-order valence-electron chi connectivity index (χ3n) is 4.45. The van der Waals surface area contributed by atoms with E-state index in [1.807, 2.05) is 0 Å². The van der Waals surface area contributed by atoms with Gasteiger partial charge in [0.05, 0.1) is 14.2 Å². The van der Waals surface area contributed by atoms with Gasteiger partial charge in [-0.3, -0.25) is 0 Å². The lowest BCUT2D eigenvalue weighted by molar-refractivity contribution is 0.172. The normalized spacial score (nSPS) is 25.9. The zero-order chi connectivity index (χ0) is 14.7. The molecule has 0 amide bonds. The summed E-state index contributed by atoms with van der Waals surface area (Å²) in [6.07, 6.45) is 4.96. The number of nitrogens with zero attached hydrogens (tertiary/aromatic N) is 4. The van der Waals surface area contributed by atoms with Crippen molar-refractivity contribution in [3.8, 4) is 12.0 Å². The van der Waals surface area contributed by atoms with E-state index >= 15 is 0 Å². The van der Waals surface area contributed by atoms with Crippen LogP contribution in [0.3, 0.4) is 0 Å². The highest BCUT2D eigenvalue weighted by Crippen LogP contribution is 2.37. The Morgan fingerprint density at radius 2 is 1.76 bits per heavy atom. The highest BCUT2D eigenvalue weighted by Gasteiger charge is 2.37. The fourth-order valence-electron chi connectivity index (χ4n) is 3.41. The number of hydrogen-bond donors (Lipinski definition) is 1. The Bertz CT molecular complexity index is 462. The summed E-state index contributed by atoms with van der Waals surface area (Å²) >= 11 is 0. The monoisotopic (exact) mass is 293 g/mol. The zero-order valence-electron chi connectivity index (χ0n) is 12.8. The molecule has 7 nitrogen and oxygen atoms in total. The second-order valence-corrected chi connectivity index (χ2v) is 5.91. The van der Waals surface area contributed by atoms with Crippen LogP contribution in [0.25, 0.3) is 0 Å². The first-order chi connectivity index (χ1) is 10.2. The van der Waals surface area contributed by atoms with Crippen LogP contribution < -0.4 is 19.7 Å². The minimum Gasteiger partial charge on any atom is -0.467 e. The van der Waals surface area contributed by atoms with Gasteiger partial charge in [-0.25, -0.2) is 0 Å². The fourth-order valence-corrected chi connectivity index (χ4v) is 3.41. The van der Waals surface area contributed by atoms with Gasteiger partial charge in [0.15, 0.2) is 0 Å². The van der Waals surface area contributed by atoms with Gasteiger partial charge in [0, 0.05) is 25.0 Å². The van der Waals surface area contributed by atoms with Crippen LogP contribution in [0.5, 0.6) is 12.0 Å². The van der Waals surface area contributed by atoms with Crippen molar-refractivity contribution in [3.63, 3.8) is 0 Å². The van der Waals surface area contributed by atoms with E-state index in [9.17, 15) is 0 Å². The van der Waals surface area contributed by atoms with E-state index in [2.05, 4.69) is 25.2 Å². The molecule has 1 N–H and O–H groups in total. The van der Waals surface area contributed by atoms with Crippen molar-refractivity contribution in [3.05, 3.63) is 0 Å². The van der Waals surface area contributed by atoms with Crippen LogP contribution in [0.1, 0.15) is 25.7 Å². The Kier molecular flexibility index (Phi) is 4.10. The Hall–Kier alpha value is -1.63. The van der Waals surface area contributed by atoms with Crippen molar-refractivity contribution < 1.29 is 9.47 Å². The molecule has 116 valence electrons. The van der Waals surface area contributed by atoms with E-state index < -0.39 is 0 Å². The quantitative estimate of drug-likeness (QED) is 0.886. The predicted octanol–water partition coefficient (Wildman–Crippen LogP) is 0.859. The van der Waals surface area contributed by atoms with Gasteiger partial charge in [-0.2, -0.15) is 9.97 Å². The first kappa shape index (κ1) is 14.3. The molecule has 2 saturated heterocycles.